The fourth-order valence-electron chi connectivity index (χ4n) is 3.42. The van der Waals surface area contributed by atoms with Gasteiger partial charge in [-0.2, -0.15) is 0 Å². The van der Waals surface area contributed by atoms with Gasteiger partial charge in [0.1, 0.15) is 9.84 Å². The standard InChI is InChI=1S/C12H23N3O3S/c1-19(17,18)10-5-2-4-9(8-10)15-7-3-6-11(15)12(13)14-16/h9-11,16H,2-8H2,1H3,(H2,13,14). The van der Waals surface area contributed by atoms with Crippen molar-refractivity contribution in [3.63, 3.8) is 0 Å². The molecule has 2 aliphatic rings. The number of hydrogen-bond acceptors (Lipinski definition) is 5. The minimum atomic E-state index is -2.97. The zero-order valence-electron chi connectivity index (χ0n) is 11.3. The average molecular weight is 289 g/mol. The van der Waals surface area contributed by atoms with Crippen LogP contribution in [0.2, 0.25) is 0 Å². The fourth-order valence-corrected chi connectivity index (χ4v) is 4.59. The number of nitrogens with two attached hydrogens (primary N) is 1. The van der Waals surface area contributed by atoms with E-state index in [9.17, 15) is 8.42 Å². The first-order valence-electron chi connectivity index (χ1n) is 6.85. The Bertz CT molecular complexity index is 449. The highest BCUT2D eigenvalue weighted by atomic mass is 32.2. The number of rotatable bonds is 3. The first-order chi connectivity index (χ1) is 8.93. The van der Waals surface area contributed by atoms with Gasteiger partial charge in [0.25, 0.3) is 0 Å². The first kappa shape index (κ1) is 14.6. The predicted octanol–water partition coefficient (Wildman–Crippen LogP) is 0.553. The van der Waals surface area contributed by atoms with Crippen LogP contribution in [0, 0.1) is 0 Å². The Hall–Kier alpha value is -0.820. The Morgan fingerprint density at radius 2 is 2.05 bits per heavy atom. The monoisotopic (exact) mass is 289 g/mol. The summed E-state index contributed by atoms with van der Waals surface area (Å²) in [6, 6.07) is 0.203. The normalized spacial score (nSPS) is 34.6. The molecule has 0 spiro atoms. The molecule has 1 saturated carbocycles. The van der Waals surface area contributed by atoms with Gasteiger partial charge in [0.05, 0.1) is 11.3 Å². The minimum Gasteiger partial charge on any atom is -0.409 e. The van der Waals surface area contributed by atoms with E-state index in [1.807, 2.05) is 0 Å². The predicted molar refractivity (Wildman–Crippen MR) is 74.0 cm³/mol. The van der Waals surface area contributed by atoms with Crippen molar-refractivity contribution in [1.29, 1.82) is 0 Å². The van der Waals surface area contributed by atoms with E-state index in [0.29, 0.717) is 6.42 Å². The van der Waals surface area contributed by atoms with Crippen LogP contribution < -0.4 is 5.73 Å². The van der Waals surface area contributed by atoms with Crippen LogP contribution >= 0.6 is 0 Å². The summed E-state index contributed by atoms with van der Waals surface area (Å²) in [5.41, 5.74) is 5.74. The van der Waals surface area contributed by atoms with E-state index in [0.717, 1.165) is 38.6 Å². The molecule has 1 heterocycles. The van der Waals surface area contributed by atoms with Gasteiger partial charge in [-0.25, -0.2) is 8.42 Å². The van der Waals surface area contributed by atoms with Crippen molar-refractivity contribution in [1.82, 2.24) is 4.90 Å². The number of nitrogens with zero attached hydrogens (tertiary/aromatic N) is 2. The molecule has 7 heteroatoms. The Morgan fingerprint density at radius 1 is 1.32 bits per heavy atom. The maximum atomic E-state index is 11.7. The average Bonchev–Trinajstić information content (AvgIpc) is 2.86. The lowest BCUT2D eigenvalue weighted by Crippen LogP contribution is -2.49. The lowest BCUT2D eigenvalue weighted by Gasteiger charge is -2.37. The summed E-state index contributed by atoms with van der Waals surface area (Å²) in [6.45, 7) is 0.905. The zero-order valence-corrected chi connectivity index (χ0v) is 12.1. The van der Waals surface area contributed by atoms with Gasteiger partial charge in [0.15, 0.2) is 5.84 Å². The van der Waals surface area contributed by atoms with Crippen molar-refractivity contribution in [2.24, 2.45) is 10.9 Å². The maximum Gasteiger partial charge on any atom is 0.156 e. The Morgan fingerprint density at radius 3 is 2.68 bits per heavy atom. The van der Waals surface area contributed by atoms with Crippen LogP contribution in [0.25, 0.3) is 0 Å². The minimum absolute atomic E-state index is 0.0340. The van der Waals surface area contributed by atoms with E-state index in [2.05, 4.69) is 10.1 Å². The molecular formula is C12H23N3O3S. The van der Waals surface area contributed by atoms with Crippen LogP contribution in [0.5, 0.6) is 0 Å². The van der Waals surface area contributed by atoms with Crippen molar-refractivity contribution in [2.75, 3.05) is 12.8 Å². The van der Waals surface area contributed by atoms with Gasteiger partial charge in [-0.1, -0.05) is 11.6 Å². The summed E-state index contributed by atoms with van der Waals surface area (Å²) in [6.07, 6.45) is 6.59. The maximum absolute atomic E-state index is 11.7. The molecule has 0 radical (unpaired) electrons. The Kier molecular flexibility index (Phi) is 4.35. The molecule has 6 nitrogen and oxygen atoms in total. The molecule has 0 bridgehead atoms. The van der Waals surface area contributed by atoms with Crippen molar-refractivity contribution < 1.29 is 13.6 Å². The number of likely N-dealkylation sites (tertiary alicyclic amines) is 1. The summed E-state index contributed by atoms with van der Waals surface area (Å²) in [7, 11) is -2.97. The molecule has 1 aliphatic carbocycles. The Labute approximate surface area is 114 Å². The zero-order chi connectivity index (χ0) is 14.0. The molecule has 2 rings (SSSR count). The molecule has 3 unspecified atom stereocenters. The highest BCUT2D eigenvalue weighted by Gasteiger charge is 2.38. The molecule has 1 aliphatic heterocycles. The van der Waals surface area contributed by atoms with Gasteiger partial charge >= 0.3 is 0 Å². The molecular weight excluding hydrogens is 266 g/mol. The van der Waals surface area contributed by atoms with E-state index in [1.165, 1.54) is 6.26 Å². The molecule has 19 heavy (non-hydrogen) atoms. The summed E-state index contributed by atoms with van der Waals surface area (Å²) in [5, 5.41) is 11.7. The van der Waals surface area contributed by atoms with Gasteiger partial charge in [-0.15, -0.1) is 0 Å². The third kappa shape index (κ3) is 3.20. The van der Waals surface area contributed by atoms with Crippen LogP contribution in [-0.4, -0.2) is 54.5 Å². The van der Waals surface area contributed by atoms with Crippen LogP contribution in [0.15, 0.2) is 5.16 Å². The van der Waals surface area contributed by atoms with Gasteiger partial charge in [0.2, 0.25) is 0 Å². The van der Waals surface area contributed by atoms with E-state index in [1.54, 1.807) is 0 Å². The summed E-state index contributed by atoms with van der Waals surface area (Å²) < 4.78 is 23.4. The molecule has 2 fully saturated rings. The van der Waals surface area contributed by atoms with E-state index >= 15 is 0 Å². The van der Waals surface area contributed by atoms with Crippen LogP contribution in [-0.2, 0) is 9.84 Å². The Balaban J connectivity index is 2.09. The highest BCUT2D eigenvalue weighted by molar-refractivity contribution is 7.91. The number of hydrogen-bond donors (Lipinski definition) is 2. The van der Waals surface area contributed by atoms with E-state index < -0.39 is 9.84 Å². The second kappa shape index (κ2) is 5.66. The van der Waals surface area contributed by atoms with E-state index in [4.69, 9.17) is 10.9 Å². The van der Waals surface area contributed by atoms with Crippen molar-refractivity contribution >= 4 is 15.7 Å². The second-order valence-corrected chi connectivity index (χ2v) is 8.02. The lowest BCUT2D eigenvalue weighted by molar-refractivity contribution is 0.168. The van der Waals surface area contributed by atoms with Crippen LogP contribution in [0.3, 0.4) is 0 Å². The molecule has 0 amide bonds. The molecule has 0 aromatic carbocycles. The summed E-state index contributed by atoms with van der Waals surface area (Å²) in [4.78, 5) is 2.23. The molecule has 3 atom stereocenters. The van der Waals surface area contributed by atoms with Gasteiger partial charge < -0.3 is 10.9 Å². The first-order valence-corrected chi connectivity index (χ1v) is 8.81. The lowest BCUT2D eigenvalue weighted by atomic mass is 9.93. The largest absolute Gasteiger partial charge is 0.409 e. The smallest absolute Gasteiger partial charge is 0.156 e. The summed E-state index contributed by atoms with van der Waals surface area (Å²) in [5.74, 6) is 0.249. The molecule has 0 aromatic rings. The van der Waals surface area contributed by atoms with Gasteiger partial charge in [0, 0.05) is 12.3 Å². The third-order valence-electron chi connectivity index (χ3n) is 4.42. The summed E-state index contributed by atoms with van der Waals surface area (Å²) >= 11 is 0. The number of oxime groups is 1. The van der Waals surface area contributed by atoms with Crippen molar-refractivity contribution in [2.45, 2.75) is 55.9 Å². The fraction of sp³-hybridized carbons (Fsp3) is 0.917. The number of sulfone groups is 1. The van der Waals surface area contributed by atoms with Gasteiger partial charge in [-0.05, 0) is 38.6 Å². The molecule has 3 N–H and O–H groups in total. The molecule has 110 valence electrons. The quantitative estimate of drug-likeness (QED) is 0.342. The van der Waals surface area contributed by atoms with E-state index in [-0.39, 0.29) is 23.2 Å². The van der Waals surface area contributed by atoms with Crippen LogP contribution in [0.1, 0.15) is 38.5 Å². The topological polar surface area (TPSA) is 96.0 Å². The number of amidine groups is 1. The highest BCUT2D eigenvalue weighted by Crippen LogP contribution is 2.31. The second-order valence-electron chi connectivity index (χ2n) is 5.69. The van der Waals surface area contributed by atoms with Crippen LogP contribution in [0.4, 0.5) is 0 Å². The van der Waals surface area contributed by atoms with Gasteiger partial charge in [-0.3, -0.25) is 4.90 Å². The third-order valence-corrected chi connectivity index (χ3v) is 6.06. The van der Waals surface area contributed by atoms with Crippen molar-refractivity contribution in [3.8, 4) is 0 Å². The van der Waals surface area contributed by atoms with Crippen molar-refractivity contribution in [3.05, 3.63) is 0 Å². The molecule has 0 aromatic heterocycles. The SMILES string of the molecule is CS(=O)(=O)C1CCCC(N2CCCC2C(N)=NO)C1. The molecule has 1 saturated heterocycles.